The van der Waals surface area contributed by atoms with Crippen LogP contribution in [0.15, 0.2) is 95.7 Å². The van der Waals surface area contributed by atoms with Crippen LogP contribution in [0.4, 0.5) is 5.69 Å². The molecule has 3 aromatic carbocycles. The molecule has 3 heteroatoms. The van der Waals surface area contributed by atoms with Gasteiger partial charge in [-0.15, -0.1) is 0 Å². The summed E-state index contributed by atoms with van der Waals surface area (Å²) in [6.45, 7) is 0.812. The summed E-state index contributed by atoms with van der Waals surface area (Å²) in [5, 5.41) is 8.77. The minimum absolute atomic E-state index is 0.181. The Morgan fingerprint density at radius 1 is 0.829 bits per heavy atom. The summed E-state index contributed by atoms with van der Waals surface area (Å²) in [7, 11) is 0. The van der Waals surface area contributed by atoms with E-state index in [1.807, 2.05) is 0 Å². The van der Waals surface area contributed by atoms with Gasteiger partial charge in [0, 0.05) is 17.7 Å². The maximum atomic E-state index is 5.13. The van der Waals surface area contributed by atoms with Crippen molar-refractivity contribution in [1.29, 1.82) is 0 Å². The number of hydrogen-bond donors (Lipinski definition) is 1. The van der Waals surface area contributed by atoms with Gasteiger partial charge in [-0.25, -0.2) is 0 Å². The number of nitrogens with one attached hydrogen (secondary N) is 1. The number of hydrogen-bond acceptors (Lipinski definition) is 3. The third kappa shape index (κ3) is 2.81. The first-order valence-electron chi connectivity index (χ1n) is 12.6. The number of rotatable bonds is 1. The zero-order chi connectivity index (χ0) is 22.9. The first-order chi connectivity index (χ1) is 17.3. The molecule has 0 saturated heterocycles. The molecule has 35 heavy (non-hydrogen) atoms. The molecule has 3 aromatic rings. The molecule has 0 amide bonds. The minimum atomic E-state index is 0.181. The van der Waals surface area contributed by atoms with Crippen LogP contribution in [0.25, 0.3) is 39.6 Å². The number of anilines is 1. The number of dihydropyridines is 1. The highest BCUT2D eigenvalue weighted by Crippen LogP contribution is 2.44. The van der Waals surface area contributed by atoms with Gasteiger partial charge in [0.1, 0.15) is 5.84 Å². The lowest BCUT2D eigenvalue weighted by Crippen LogP contribution is -2.43. The average molecular weight is 452 g/mol. The van der Waals surface area contributed by atoms with Crippen LogP contribution in [0.1, 0.15) is 18.4 Å². The van der Waals surface area contributed by atoms with Gasteiger partial charge >= 0.3 is 0 Å². The number of fused-ring (bicyclic) bond motifs is 9. The van der Waals surface area contributed by atoms with Crippen LogP contribution in [-0.2, 0) is 0 Å². The molecular weight excluding hydrogens is 426 g/mol. The van der Waals surface area contributed by atoms with Crippen molar-refractivity contribution in [3.05, 3.63) is 107 Å². The smallest absolute Gasteiger partial charge is 0.135 e. The van der Waals surface area contributed by atoms with Crippen LogP contribution in [0, 0.1) is 0 Å². The Balaban J connectivity index is 1.29. The van der Waals surface area contributed by atoms with Gasteiger partial charge in [-0.1, -0.05) is 54.7 Å². The first kappa shape index (κ1) is 19.2. The zero-order valence-electron chi connectivity index (χ0n) is 19.4. The number of benzene rings is 3. The maximum Gasteiger partial charge on any atom is 0.135 e. The van der Waals surface area contributed by atoms with Gasteiger partial charge in [-0.2, -0.15) is 0 Å². The zero-order valence-corrected chi connectivity index (χ0v) is 19.4. The molecule has 3 aliphatic heterocycles. The molecule has 0 saturated carbocycles. The van der Waals surface area contributed by atoms with Gasteiger partial charge in [0.15, 0.2) is 0 Å². The Hall–Kier alpha value is -4.11. The molecule has 168 valence electrons. The van der Waals surface area contributed by atoms with E-state index in [-0.39, 0.29) is 12.1 Å². The summed E-state index contributed by atoms with van der Waals surface area (Å²) in [5.74, 6) is 1.12. The highest BCUT2D eigenvalue weighted by Gasteiger charge is 2.41. The van der Waals surface area contributed by atoms with Gasteiger partial charge in [0.2, 0.25) is 0 Å². The summed E-state index contributed by atoms with van der Waals surface area (Å²) >= 11 is 0. The summed E-state index contributed by atoms with van der Waals surface area (Å²) in [5.41, 5.74) is 7.66. The van der Waals surface area contributed by atoms with Gasteiger partial charge in [-0.3, -0.25) is 4.99 Å². The van der Waals surface area contributed by atoms with E-state index < -0.39 is 0 Å². The Morgan fingerprint density at radius 3 is 2.54 bits per heavy atom. The van der Waals surface area contributed by atoms with Crippen molar-refractivity contribution >= 4 is 40.0 Å². The molecular formula is C32H25N3. The second-order valence-corrected chi connectivity index (χ2v) is 9.94. The Kier molecular flexibility index (Phi) is 3.95. The molecule has 3 heterocycles. The fourth-order valence-corrected chi connectivity index (χ4v) is 6.22. The van der Waals surface area contributed by atoms with Gasteiger partial charge in [0.05, 0.1) is 17.8 Å². The van der Waals surface area contributed by atoms with E-state index in [0.29, 0.717) is 0 Å². The minimum Gasteiger partial charge on any atom is -0.387 e. The van der Waals surface area contributed by atoms with Crippen LogP contribution < -0.4 is 20.7 Å². The summed E-state index contributed by atoms with van der Waals surface area (Å²) in [4.78, 5) is 7.58. The lowest BCUT2D eigenvalue weighted by molar-refractivity contribution is 0.738. The maximum absolute atomic E-state index is 5.13. The first-order valence-corrected chi connectivity index (χ1v) is 12.6. The van der Waals surface area contributed by atoms with E-state index in [1.54, 1.807) is 0 Å². The third-order valence-electron chi connectivity index (χ3n) is 7.93. The Labute approximate surface area is 204 Å². The highest BCUT2D eigenvalue weighted by atomic mass is 15.3. The largest absolute Gasteiger partial charge is 0.387 e. The SMILES string of the molecule is C1=CC2N=C3C4=C(C=CNC4)c4cc(-c5ccc6cc7c(cc6c5)=CCCC=7)ccc4N3C2C=C1. The van der Waals surface area contributed by atoms with Crippen LogP contribution >= 0.6 is 0 Å². The number of aliphatic imine (C=N–C) groups is 1. The van der Waals surface area contributed by atoms with Crippen LogP contribution in [0.3, 0.4) is 0 Å². The second-order valence-electron chi connectivity index (χ2n) is 9.94. The van der Waals surface area contributed by atoms with Crippen molar-refractivity contribution in [3.8, 4) is 11.1 Å². The van der Waals surface area contributed by atoms with Crippen LogP contribution in [0.5, 0.6) is 0 Å². The summed E-state index contributed by atoms with van der Waals surface area (Å²) < 4.78 is 0. The van der Waals surface area contributed by atoms with Gasteiger partial charge < -0.3 is 10.2 Å². The molecule has 5 aliphatic rings. The van der Waals surface area contributed by atoms with Gasteiger partial charge in [-0.05, 0) is 93.4 Å². The predicted octanol–water partition coefficient (Wildman–Crippen LogP) is 4.83. The third-order valence-corrected chi connectivity index (χ3v) is 7.93. The number of nitrogens with zero attached hydrogens (tertiary/aromatic N) is 2. The van der Waals surface area contributed by atoms with Crippen molar-refractivity contribution in [2.24, 2.45) is 4.99 Å². The molecule has 8 rings (SSSR count). The normalized spacial score (nSPS) is 22.9. The molecule has 0 fully saturated rings. The van der Waals surface area contributed by atoms with Crippen molar-refractivity contribution in [2.45, 2.75) is 24.9 Å². The Morgan fingerprint density at radius 2 is 1.63 bits per heavy atom. The summed E-state index contributed by atoms with van der Waals surface area (Å²) in [6, 6.07) is 19.0. The standard InChI is InChI=1S/C32H25N3/c1-2-6-21-16-25-17-22(9-10-23(25)15-20(21)5-1)24-11-12-30-27(18-24)26-13-14-33-19-28(26)32-34-29-7-3-4-8-31(29)35(30)32/h3-18,29,31,33H,1-2,19H2. The number of allylic oxidation sites excluding steroid dienone is 4. The average Bonchev–Trinajstić information content (AvgIpc) is 3.31. The van der Waals surface area contributed by atoms with Crippen molar-refractivity contribution in [2.75, 3.05) is 11.4 Å². The molecule has 0 radical (unpaired) electrons. The quantitative estimate of drug-likeness (QED) is 0.574. The van der Waals surface area contributed by atoms with E-state index in [4.69, 9.17) is 4.99 Å². The molecule has 0 spiro atoms. The molecule has 0 aromatic heterocycles. The topological polar surface area (TPSA) is 27.6 Å². The molecule has 1 N–H and O–H groups in total. The second kappa shape index (κ2) is 7.19. The highest BCUT2D eigenvalue weighted by molar-refractivity contribution is 6.22. The monoisotopic (exact) mass is 451 g/mol. The summed E-state index contributed by atoms with van der Waals surface area (Å²) in [6.07, 6.45) is 20.1. The van der Waals surface area contributed by atoms with Crippen LogP contribution in [-0.4, -0.2) is 24.5 Å². The van der Waals surface area contributed by atoms with Gasteiger partial charge in [0.25, 0.3) is 0 Å². The van der Waals surface area contributed by atoms with E-state index in [0.717, 1.165) is 25.2 Å². The van der Waals surface area contributed by atoms with Crippen molar-refractivity contribution in [3.63, 3.8) is 0 Å². The fraction of sp³-hybridized carbons (Fsp3) is 0.156. The van der Waals surface area contributed by atoms with E-state index in [9.17, 15) is 0 Å². The predicted molar refractivity (Wildman–Crippen MR) is 147 cm³/mol. The fourth-order valence-electron chi connectivity index (χ4n) is 6.22. The van der Waals surface area contributed by atoms with E-state index >= 15 is 0 Å². The lowest BCUT2D eigenvalue weighted by Gasteiger charge is -2.36. The number of amidine groups is 1. The molecule has 3 nitrogen and oxygen atoms in total. The van der Waals surface area contributed by atoms with Crippen LogP contribution in [0.2, 0.25) is 0 Å². The van der Waals surface area contributed by atoms with Crippen molar-refractivity contribution in [1.82, 2.24) is 5.32 Å². The molecule has 2 unspecified atom stereocenters. The molecule has 0 bridgehead atoms. The van der Waals surface area contributed by atoms with Crippen molar-refractivity contribution < 1.29 is 0 Å². The molecule has 2 atom stereocenters. The van der Waals surface area contributed by atoms with E-state index in [1.165, 1.54) is 54.7 Å². The Bertz CT molecular complexity index is 1710. The molecule has 2 aliphatic carbocycles. The lowest BCUT2D eigenvalue weighted by atomic mass is 9.87. The van der Waals surface area contributed by atoms with E-state index in [2.05, 4.69) is 107 Å².